The van der Waals surface area contributed by atoms with Gasteiger partial charge in [-0.25, -0.2) is 0 Å². The average Bonchev–Trinajstić information content (AvgIpc) is 2.17. The first-order valence-electron chi connectivity index (χ1n) is 3.05. The Kier molecular flexibility index (Phi) is 2.22. The molecule has 1 rings (SSSR count). The lowest BCUT2D eigenvalue weighted by molar-refractivity contribution is -0.110. The number of aliphatic hydroxyl groups excluding tert-OH is 3. The lowest BCUT2D eigenvalue weighted by Gasteiger charge is -2.10. The van der Waals surface area contributed by atoms with Crippen molar-refractivity contribution < 1.29 is 20.1 Å². The van der Waals surface area contributed by atoms with Crippen LogP contribution in [0, 0.1) is 0 Å². The van der Waals surface area contributed by atoms with Gasteiger partial charge in [-0.15, -0.1) is 0 Å². The Morgan fingerprint density at radius 3 is 2.20 bits per heavy atom. The summed E-state index contributed by atoms with van der Waals surface area (Å²) in [6.07, 6.45) is -2.88. The summed E-state index contributed by atoms with van der Waals surface area (Å²) in [5.41, 5.74) is 5.25. The van der Waals surface area contributed by atoms with E-state index in [1.165, 1.54) is 0 Å². The molecule has 60 valence electrons. The van der Waals surface area contributed by atoms with Crippen LogP contribution in [0.1, 0.15) is 0 Å². The van der Waals surface area contributed by atoms with Gasteiger partial charge in [0.25, 0.3) is 0 Å². The minimum absolute atomic E-state index is 0.327. The first-order valence-corrected chi connectivity index (χ1v) is 3.05. The van der Waals surface area contributed by atoms with Gasteiger partial charge in [-0.2, -0.15) is 0 Å². The van der Waals surface area contributed by atoms with Gasteiger partial charge >= 0.3 is 0 Å². The van der Waals surface area contributed by atoms with Gasteiger partial charge in [0.2, 0.25) is 0 Å². The molecule has 5 nitrogen and oxygen atoms in total. The van der Waals surface area contributed by atoms with Crippen molar-refractivity contribution in [2.75, 3.05) is 6.61 Å². The summed E-state index contributed by atoms with van der Waals surface area (Å²) in [5.74, 6) is 0. The minimum atomic E-state index is -1.16. The van der Waals surface area contributed by atoms with Crippen LogP contribution >= 0.6 is 0 Å². The SMILES string of the molecule is N[C@@H]1[C@H](O)[C@@H](CO)O[C@@H]1O. The quantitative estimate of drug-likeness (QED) is 0.327. The number of hydrogen-bond donors (Lipinski definition) is 4. The van der Waals surface area contributed by atoms with Crippen LogP contribution in [0.4, 0.5) is 0 Å². The molecule has 10 heavy (non-hydrogen) atoms. The zero-order chi connectivity index (χ0) is 7.72. The number of rotatable bonds is 1. The summed E-state index contributed by atoms with van der Waals surface area (Å²) in [4.78, 5) is 0. The fourth-order valence-corrected chi connectivity index (χ4v) is 0.918. The predicted octanol–water partition coefficient (Wildman–Crippen LogP) is -2.62. The summed E-state index contributed by atoms with van der Waals surface area (Å²) in [6, 6.07) is -0.808. The number of nitrogens with two attached hydrogens (primary N) is 1. The van der Waals surface area contributed by atoms with E-state index in [1.807, 2.05) is 0 Å². The van der Waals surface area contributed by atoms with Crippen LogP contribution in [0.3, 0.4) is 0 Å². The van der Waals surface area contributed by atoms with E-state index in [1.54, 1.807) is 0 Å². The highest BCUT2D eigenvalue weighted by Gasteiger charge is 2.39. The summed E-state index contributed by atoms with van der Waals surface area (Å²) in [7, 11) is 0. The normalized spacial score (nSPS) is 48.0. The van der Waals surface area contributed by atoms with Gasteiger partial charge in [0.05, 0.1) is 12.6 Å². The molecule has 5 N–H and O–H groups in total. The second kappa shape index (κ2) is 2.81. The standard InChI is InChI=1S/C5H11NO4/c6-3-4(8)2(1-7)10-5(3)9/h2-5,7-9H,1,6H2/t2-,3-,4-,5+/m1/s1. The molecule has 0 spiro atoms. The molecule has 0 aromatic rings. The Balaban J connectivity index is 2.53. The molecule has 0 bridgehead atoms. The van der Waals surface area contributed by atoms with Crippen LogP contribution in [0.2, 0.25) is 0 Å². The Labute approximate surface area is 58.0 Å². The van der Waals surface area contributed by atoms with E-state index < -0.39 is 24.5 Å². The minimum Gasteiger partial charge on any atom is -0.394 e. The van der Waals surface area contributed by atoms with E-state index in [4.69, 9.17) is 21.1 Å². The first-order chi connectivity index (χ1) is 4.66. The van der Waals surface area contributed by atoms with E-state index in [2.05, 4.69) is 4.74 Å². The van der Waals surface area contributed by atoms with Crippen molar-refractivity contribution in [1.82, 2.24) is 0 Å². The first kappa shape index (κ1) is 7.90. The number of aliphatic hydroxyl groups is 3. The number of ether oxygens (including phenoxy) is 1. The van der Waals surface area contributed by atoms with E-state index in [0.29, 0.717) is 0 Å². The molecule has 1 aliphatic heterocycles. The highest BCUT2D eigenvalue weighted by molar-refractivity contribution is 4.88. The molecule has 0 aromatic heterocycles. The van der Waals surface area contributed by atoms with Gasteiger partial charge in [0.15, 0.2) is 6.29 Å². The van der Waals surface area contributed by atoms with Gasteiger partial charge in [-0.1, -0.05) is 0 Å². The Hall–Kier alpha value is -0.200. The van der Waals surface area contributed by atoms with E-state index in [0.717, 1.165) is 0 Å². The van der Waals surface area contributed by atoms with Crippen molar-refractivity contribution >= 4 is 0 Å². The third-order valence-electron chi connectivity index (χ3n) is 1.60. The van der Waals surface area contributed by atoms with Crippen LogP contribution in [-0.2, 0) is 4.74 Å². The van der Waals surface area contributed by atoms with E-state index in [-0.39, 0.29) is 6.61 Å². The Morgan fingerprint density at radius 2 is 2.00 bits per heavy atom. The average molecular weight is 149 g/mol. The van der Waals surface area contributed by atoms with Crippen molar-refractivity contribution in [3.8, 4) is 0 Å². The van der Waals surface area contributed by atoms with Crippen molar-refractivity contribution in [3.63, 3.8) is 0 Å². The molecule has 1 aliphatic rings. The molecule has 0 aliphatic carbocycles. The highest BCUT2D eigenvalue weighted by Crippen LogP contribution is 2.16. The van der Waals surface area contributed by atoms with Crippen LogP contribution in [0.15, 0.2) is 0 Å². The lowest BCUT2D eigenvalue weighted by Crippen LogP contribution is -2.40. The molecule has 1 fully saturated rings. The fourth-order valence-electron chi connectivity index (χ4n) is 0.918. The highest BCUT2D eigenvalue weighted by atomic mass is 16.6. The van der Waals surface area contributed by atoms with Gasteiger partial charge in [-0.3, -0.25) is 0 Å². The summed E-state index contributed by atoms with van der Waals surface area (Å²) in [6.45, 7) is -0.327. The smallest absolute Gasteiger partial charge is 0.172 e. The largest absolute Gasteiger partial charge is 0.394 e. The zero-order valence-electron chi connectivity index (χ0n) is 5.34. The van der Waals surface area contributed by atoms with Gasteiger partial charge in [0, 0.05) is 0 Å². The van der Waals surface area contributed by atoms with Gasteiger partial charge < -0.3 is 25.8 Å². The second-order valence-corrected chi connectivity index (χ2v) is 2.32. The number of hydrogen-bond acceptors (Lipinski definition) is 5. The Morgan fingerprint density at radius 1 is 1.40 bits per heavy atom. The van der Waals surface area contributed by atoms with Crippen molar-refractivity contribution in [2.45, 2.75) is 24.5 Å². The fraction of sp³-hybridized carbons (Fsp3) is 1.00. The molecule has 4 atom stereocenters. The van der Waals surface area contributed by atoms with Crippen molar-refractivity contribution in [2.24, 2.45) is 5.73 Å². The van der Waals surface area contributed by atoms with Crippen molar-refractivity contribution in [3.05, 3.63) is 0 Å². The second-order valence-electron chi connectivity index (χ2n) is 2.32. The van der Waals surface area contributed by atoms with E-state index >= 15 is 0 Å². The van der Waals surface area contributed by atoms with Gasteiger partial charge in [-0.05, 0) is 0 Å². The topological polar surface area (TPSA) is 95.9 Å². The predicted molar refractivity (Wildman–Crippen MR) is 31.9 cm³/mol. The molecule has 1 saturated heterocycles. The third-order valence-corrected chi connectivity index (χ3v) is 1.60. The molecule has 0 saturated carbocycles. The molecule has 5 heteroatoms. The maximum absolute atomic E-state index is 9.06. The molecular formula is C5H11NO4. The zero-order valence-corrected chi connectivity index (χ0v) is 5.34. The van der Waals surface area contributed by atoms with Crippen LogP contribution in [0.25, 0.3) is 0 Å². The van der Waals surface area contributed by atoms with Crippen molar-refractivity contribution in [1.29, 1.82) is 0 Å². The summed E-state index contributed by atoms with van der Waals surface area (Å²) in [5, 5.41) is 26.4. The van der Waals surface area contributed by atoms with Gasteiger partial charge in [0.1, 0.15) is 12.2 Å². The summed E-state index contributed by atoms with van der Waals surface area (Å²) < 4.78 is 4.67. The Bertz CT molecular complexity index is 120. The van der Waals surface area contributed by atoms with Crippen LogP contribution < -0.4 is 5.73 Å². The maximum Gasteiger partial charge on any atom is 0.172 e. The molecular weight excluding hydrogens is 138 g/mol. The van der Waals surface area contributed by atoms with Crippen LogP contribution in [-0.4, -0.2) is 46.5 Å². The monoisotopic (exact) mass is 149 g/mol. The molecule has 0 aromatic carbocycles. The third kappa shape index (κ3) is 1.14. The van der Waals surface area contributed by atoms with E-state index in [9.17, 15) is 0 Å². The molecule has 0 unspecified atom stereocenters. The lowest BCUT2D eigenvalue weighted by atomic mass is 10.1. The molecule has 1 heterocycles. The molecule has 0 amide bonds. The maximum atomic E-state index is 9.06. The summed E-state index contributed by atoms with van der Waals surface area (Å²) >= 11 is 0. The van der Waals surface area contributed by atoms with Crippen LogP contribution in [0.5, 0.6) is 0 Å². The molecule has 0 radical (unpaired) electrons.